The third-order valence-corrected chi connectivity index (χ3v) is 2.22. The molecule has 0 spiro atoms. The molecule has 0 radical (unpaired) electrons. The Bertz CT molecular complexity index is 516. The number of fused-ring (bicyclic) bond motifs is 1. The third kappa shape index (κ3) is 2.45. The first kappa shape index (κ1) is 10.4. The molecule has 0 aliphatic heterocycles. The molecule has 0 fully saturated rings. The van der Waals surface area contributed by atoms with Crippen LogP contribution in [-0.2, 0) is 0 Å². The van der Waals surface area contributed by atoms with Crippen molar-refractivity contribution in [3.8, 4) is 0 Å². The van der Waals surface area contributed by atoms with E-state index in [1.165, 1.54) is 0 Å². The number of hydrogen-bond donors (Lipinski definition) is 1. The molecule has 0 saturated carbocycles. The Labute approximate surface area is 94.1 Å². The van der Waals surface area contributed by atoms with E-state index in [4.69, 9.17) is 0 Å². The van der Waals surface area contributed by atoms with Crippen LogP contribution in [0.25, 0.3) is 11.0 Å². The van der Waals surface area contributed by atoms with Gasteiger partial charge in [-0.3, -0.25) is 0 Å². The number of para-hydroxylation sites is 1. The first-order chi connectivity index (χ1) is 7.88. The highest BCUT2D eigenvalue weighted by Gasteiger charge is 1.97. The fourth-order valence-electron chi connectivity index (χ4n) is 1.39. The lowest BCUT2D eigenvalue weighted by Gasteiger charge is -1.88. The molecule has 0 atom stereocenters. The van der Waals surface area contributed by atoms with E-state index in [1.807, 2.05) is 61.5 Å². The average molecular weight is 211 g/mol. The average Bonchev–Trinajstić information content (AvgIpc) is 2.82. The van der Waals surface area contributed by atoms with Gasteiger partial charge in [0.2, 0.25) is 0 Å². The maximum Gasteiger partial charge on any atom is 0.115 e. The second kappa shape index (κ2) is 5.07. The van der Waals surface area contributed by atoms with Crippen LogP contribution < -0.4 is 0 Å². The zero-order chi connectivity index (χ0) is 11.2. The van der Waals surface area contributed by atoms with Crippen molar-refractivity contribution in [1.82, 2.24) is 15.4 Å². The molecule has 80 valence electrons. The molecule has 1 heterocycles. The van der Waals surface area contributed by atoms with Crippen LogP contribution in [0.5, 0.6) is 0 Å². The highest BCUT2D eigenvalue weighted by Crippen LogP contribution is 2.10. The lowest BCUT2D eigenvalue weighted by atomic mass is 10.2. The molecule has 2 aromatic carbocycles. The van der Waals surface area contributed by atoms with Crippen molar-refractivity contribution in [2.75, 3.05) is 0 Å². The van der Waals surface area contributed by atoms with E-state index < -0.39 is 0 Å². The molecule has 0 unspecified atom stereocenters. The van der Waals surface area contributed by atoms with Gasteiger partial charge in [0.25, 0.3) is 0 Å². The Morgan fingerprint density at radius 3 is 2.00 bits per heavy atom. The lowest BCUT2D eigenvalue weighted by molar-refractivity contribution is 0.958. The molecule has 3 aromatic rings. The van der Waals surface area contributed by atoms with Crippen LogP contribution in [0.2, 0.25) is 0 Å². The van der Waals surface area contributed by atoms with Gasteiger partial charge in [-0.1, -0.05) is 48.5 Å². The minimum Gasteiger partial charge on any atom is -0.197 e. The van der Waals surface area contributed by atoms with Crippen molar-refractivity contribution >= 4 is 11.0 Å². The zero-order valence-electron chi connectivity index (χ0n) is 9.09. The van der Waals surface area contributed by atoms with Crippen molar-refractivity contribution in [3.63, 3.8) is 0 Å². The first-order valence-corrected chi connectivity index (χ1v) is 5.14. The Balaban J connectivity index is 0.000000138. The minimum absolute atomic E-state index is 0.931. The third-order valence-electron chi connectivity index (χ3n) is 2.22. The largest absolute Gasteiger partial charge is 0.197 e. The van der Waals surface area contributed by atoms with E-state index in [2.05, 4.69) is 15.4 Å². The Hall–Kier alpha value is -2.16. The monoisotopic (exact) mass is 211 g/mol. The van der Waals surface area contributed by atoms with Gasteiger partial charge in [0.15, 0.2) is 0 Å². The summed E-state index contributed by atoms with van der Waals surface area (Å²) < 4.78 is 0. The smallest absolute Gasteiger partial charge is 0.115 e. The summed E-state index contributed by atoms with van der Waals surface area (Å²) in [6.45, 7) is 2.02. The summed E-state index contributed by atoms with van der Waals surface area (Å²) >= 11 is 0. The molecule has 0 saturated heterocycles. The summed E-state index contributed by atoms with van der Waals surface area (Å²) in [7, 11) is 0. The van der Waals surface area contributed by atoms with Gasteiger partial charge in [0.1, 0.15) is 11.0 Å². The number of benzene rings is 2. The second-order valence-corrected chi connectivity index (χ2v) is 3.42. The number of aromatic amines is 1. The van der Waals surface area contributed by atoms with Crippen molar-refractivity contribution in [3.05, 3.63) is 60.2 Å². The highest BCUT2D eigenvalue weighted by molar-refractivity contribution is 5.76. The first-order valence-electron chi connectivity index (χ1n) is 5.14. The predicted molar refractivity (Wildman–Crippen MR) is 65.1 cm³/mol. The summed E-state index contributed by atoms with van der Waals surface area (Å²) in [5.41, 5.74) is 3.05. The van der Waals surface area contributed by atoms with Gasteiger partial charge >= 0.3 is 0 Å². The van der Waals surface area contributed by atoms with Gasteiger partial charge in [-0.25, -0.2) is 0 Å². The summed E-state index contributed by atoms with van der Waals surface area (Å²) in [5.74, 6) is 0. The quantitative estimate of drug-likeness (QED) is 0.621. The van der Waals surface area contributed by atoms with Crippen LogP contribution in [-0.4, -0.2) is 15.4 Å². The van der Waals surface area contributed by atoms with Gasteiger partial charge in [-0.2, -0.15) is 15.4 Å². The Morgan fingerprint density at radius 2 is 1.44 bits per heavy atom. The molecule has 1 aromatic heterocycles. The highest BCUT2D eigenvalue weighted by atomic mass is 15.3. The molecule has 3 rings (SSSR count). The van der Waals surface area contributed by atoms with Gasteiger partial charge in [0.05, 0.1) is 0 Å². The number of hydrogen-bond acceptors (Lipinski definition) is 2. The molecule has 3 heteroatoms. The van der Waals surface area contributed by atoms with E-state index in [0.717, 1.165) is 16.6 Å². The number of H-pyrrole nitrogens is 1. The van der Waals surface area contributed by atoms with Crippen LogP contribution in [0, 0.1) is 6.92 Å². The molecule has 1 N–H and O–H groups in total. The minimum atomic E-state index is 0.931. The van der Waals surface area contributed by atoms with E-state index >= 15 is 0 Å². The molecule has 0 aliphatic rings. The molecule has 0 aliphatic carbocycles. The van der Waals surface area contributed by atoms with Crippen molar-refractivity contribution in [1.29, 1.82) is 0 Å². The van der Waals surface area contributed by atoms with Crippen LogP contribution in [0.1, 0.15) is 5.56 Å². The Kier molecular flexibility index (Phi) is 3.28. The standard InChI is InChI=1S/C7H7N3.C6H6/c1-5-3-2-4-6-7(5)9-10-8-6;1-2-4-6-5-3-1/h2-4H,1H3,(H,8,9,10);1-6H. The van der Waals surface area contributed by atoms with Crippen molar-refractivity contribution in [2.24, 2.45) is 0 Å². The van der Waals surface area contributed by atoms with Crippen LogP contribution in [0.4, 0.5) is 0 Å². The number of rotatable bonds is 0. The maximum atomic E-state index is 3.98. The SMILES string of the molecule is Cc1cccc2n[nH]nc12.c1ccccc1. The van der Waals surface area contributed by atoms with E-state index in [-0.39, 0.29) is 0 Å². The summed E-state index contributed by atoms with van der Waals surface area (Å²) in [6.07, 6.45) is 0. The number of nitrogens with zero attached hydrogens (tertiary/aromatic N) is 2. The van der Waals surface area contributed by atoms with E-state index in [0.29, 0.717) is 0 Å². The summed E-state index contributed by atoms with van der Waals surface area (Å²) in [6, 6.07) is 17.9. The van der Waals surface area contributed by atoms with Crippen LogP contribution in [0.15, 0.2) is 54.6 Å². The van der Waals surface area contributed by atoms with Crippen molar-refractivity contribution in [2.45, 2.75) is 6.92 Å². The molecule has 0 amide bonds. The van der Waals surface area contributed by atoms with Gasteiger partial charge in [-0.15, -0.1) is 0 Å². The summed E-state index contributed by atoms with van der Waals surface area (Å²) in [5, 5.41) is 10.5. The Morgan fingerprint density at radius 1 is 0.812 bits per heavy atom. The predicted octanol–water partition coefficient (Wildman–Crippen LogP) is 2.95. The normalized spacial score (nSPS) is 9.56. The topological polar surface area (TPSA) is 41.6 Å². The van der Waals surface area contributed by atoms with Crippen molar-refractivity contribution < 1.29 is 0 Å². The zero-order valence-corrected chi connectivity index (χ0v) is 9.09. The lowest BCUT2D eigenvalue weighted by Crippen LogP contribution is -1.73. The molecule has 16 heavy (non-hydrogen) atoms. The van der Waals surface area contributed by atoms with E-state index in [1.54, 1.807) is 0 Å². The van der Waals surface area contributed by atoms with Crippen LogP contribution in [0.3, 0.4) is 0 Å². The van der Waals surface area contributed by atoms with Gasteiger partial charge in [0, 0.05) is 0 Å². The number of aryl methyl sites for hydroxylation is 1. The second-order valence-electron chi connectivity index (χ2n) is 3.42. The van der Waals surface area contributed by atoms with Gasteiger partial charge < -0.3 is 0 Å². The summed E-state index contributed by atoms with van der Waals surface area (Å²) in [4.78, 5) is 0. The molecular weight excluding hydrogens is 198 g/mol. The number of aromatic nitrogens is 3. The van der Waals surface area contributed by atoms with E-state index in [9.17, 15) is 0 Å². The fourth-order valence-corrected chi connectivity index (χ4v) is 1.39. The van der Waals surface area contributed by atoms with Crippen LogP contribution >= 0.6 is 0 Å². The molecule has 0 bridgehead atoms. The van der Waals surface area contributed by atoms with Gasteiger partial charge in [-0.05, 0) is 18.6 Å². The molecular formula is C13H13N3. The number of nitrogens with one attached hydrogen (secondary N) is 1. The maximum absolute atomic E-state index is 3.98. The fraction of sp³-hybridized carbons (Fsp3) is 0.0769. The molecule has 3 nitrogen and oxygen atoms in total.